The van der Waals surface area contributed by atoms with Crippen molar-refractivity contribution in [2.75, 3.05) is 26.3 Å². The molecular weight excluding hydrogens is 444 g/mol. The van der Waals surface area contributed by atoms with Crippen molar-refractivity contribution >= 4 is 21.1 Å². The second-order valence-electron chi connectivity index (χ2n) is 8.72. The van der Waals surface area contributed by atoms with Crippen LogP contribution in [-0.4, -0.2) is 58.7 Å². The van der Waals surface area contributed by atoms with Crippen LogP contribution >= 0.6 is 0 Å². The second-order valence-corrected chi connectivity index (χ2v) is 10.7. The lowest BCUT2D eigenvalue weighted by Crippen LogP contribution is -2.41. The Kier molecular flexibility index (Phi) is 5.98. The molecule has 178 valence electrons. The van der Waals surface area contributed by atoms with E-state index in [0.29, 0.717) is 50.1 Å². The molecule has 1 saturated carbocycles. The molecule has 0 bridgehead atoms. The van der Waals surface area contributed by atoms with Crippen LogP contribution in [0.3, 0.4) is 0 Å². The first-order valence-corrected chi connectivity index (χ1v) is 13.0. The number of hydrogen-bond acceptors (Lipinski definition) is 8. The molecule has 1 aliphatic carbocycles. The maximum atomic E-state index is 13.1. The molecule has 1 aliphatic heterocycles. The van der Waals surface area contributed by atoms with Crippen molar-refractivity contribution < 1.29 is 17.7 Å². The van der Waals surface area contributed by atoms with Crippen LogP contribution in [0.5, 0.6) is 0 Å². The highest BCUT2D eigenvalue weighted by atomic mass is 32.2. The fourth-order valence-corrected chi connectivity index (χ4v) is 6.37. The van der Waals surface area contributed by atoms with E-state index in [0.717, 1.165) is 43.6 Å². The first kappa shape index (κ1) is 22.5. The van der Waals surface area contributed by atoms with E-state index < -0.39 is 10.0 Å². The molecule has 5 rings (SSSR count). The predicted octanol–water partition coefficient (Wildman–Crippen LogP) is 2.33. The van der Waals surface area contributed by atoms with Crippen LogP contribution in [-0.2, 0) is 33.4 Å². The van der Waals surface area contributed by atoms with Gasteiger partial charge in [0.2, 0.25) is 15.9 Å². The molecule has 11 heteroatoms. The van der Waals surface area contributed by atoms with Gasteiger partial charge in [0.05, 0.1) is 41.2 Å². The lowest BCUT2D eigenvalue weighted by Gasteiger charge is -2.26. The molecule has 1 aromatic carbocycles. The van der Waals surface area contributed by atoms with Gasteiger partial charge in [0.25, 0.3) is 0 Å². The van der Waals surface area contributed by atoms with E-state index in [1.165, 1.54) is 4.31 Å². The number of imidazole rings is 1. The highest BCUT2D eigenvalue weighted by Crippen LogP contribution is 2.37. The molecule has 0 spiro atoms. The van der Waals surface area contributed by atoms with Crippen molar-refractivity contribution in [1.29, 1.82) is 0 Å². The molecule has 3 aromatic rings. The Balaban J connectivity index is 1.44. The number of aromatic nitrogens is 4. The van der Waals surface area contributed by atoms with E-state index >= 15 is 0 Å². The van der Waals surface area contributed by atoms with Crippen LogP contribution in [0.25, 0.3) is 11.0 Å². The van der Waals surface area contributed by atoms with Gasteiger partial charge in [0.15, 0.2) is 5.82 Å². The third-order valence-corrected chi connectivity index (χ3v) is 8.62. The van der Waals surface area contributed by atoms with Gasteiger partial charge in [-0.05, 0) is 38.0 Å². The molecule has 0 radical (unpaired) electrons. The molecule has 0 atom stereocenters. The highest BCUT2D eigenvalue weighted by molar-refractivity contribution is 7.89. The molecule has 33 heavy (non-hydrogen) atoms. The molecular formula is C22H30N6O4S. The molecule has 2 aromatic heterocycles. The minimum Gasteiger partial charge on any atom is -0.379 e. The molecule has 0 unspecified atom stereocenters. The number of aryl methyl sites for hydroxylation is 2. The number of morpholine rings is 1. The van der Waals surface area contributed by atoms with Crippen molar-refractivity contribution in [2.45, 2.75) is 63.1 Å². The normalized spacial score (nSPS) is 19.5. The maximum Gasteiger partial charge on any atom is 0.243 e. The Morgan fingerprint density at radius 3 is 2.58 bits per heavy atom. The van der Waals surface area contributed by atoms with Gasteiger partial charge in [-0.25, -0.2) is 13.4 Å². The van der Waals surface area contributed by atoms with Crippen molar-refractivity contribution in [3.05, 3.63) is 35.7 Å². The number of ether oxygens (including phenoxy) is 1. The zero-order chi connectivity index (χ0) is 23.1. The van der Waals surface area contributed by atoms with Crippen LogP contribution in [0.2, 0.25) is 0 Å². The van der Waals surface area contributed by atoms with Gasteiger partial charge >= 0.3 is 0 Å². The van der Waals surface area contributed by atoms with Gasteiger partial charge in [-0.3, -0.25) is 5.32 Å². The molecule has 0 amide bonds. The average molecular weight is 475 g/mol. The minimum atomic E-state index is -3.57. The highest BCUT2D eigenvalue weighted by Gasteiger charge is 2.39. The van der Waals surface area contributed by atoms with Crippen LogP contribution in [0, 0.1) is 6.92 Å². The number of benzene rings is 1. The van der Waals surface area contributed by atoms with Crippen LogP contribution in [0.15, 0.2) is 27.6 Å². The van der Waals surface area contributed by atoms with Crippen molar-refractivity contribution in [1.82, 2.24) is 29.3 Å². The molecule has 1 saturated heterocycles. The quantitative estimate of drug-likeness (QED) is 0.555. The topological polar surface area (TPSA) is 115 Å². The summed E-state index contributed by atoms with van der Waals surface area (Å²) in [6.07, 6.45) is 4.10. The molecule has 1 N–H and O–H groups in total. The molecule has 2 aliphatic rings. The van der Waals surface area contributed by atoms with Gasteiger partial charge in [0, 0.05) is 26.6 Å². The predicted molar refractivity (Wildman–Crippen MR) is 121 cm³/mol. The number of fused-ring (bicyclic) bond motifs is 1. The summed E-state index contributed by atoms with van der Waals surface area (Å²) in [6, 6.07) is 5.22. The van der Waals surface area contributed by atoms with Crippen LogP contribution in [0.4, 0.5) is 0 Å². The maximum absolute atomic E-state index is 13.1. The van der Waals surface area contributed by atoms with Gasteiger partial charge in [-0.1, -0.05) is 18.0 Å². The van der Waals surface area contributed by atoms with E-state index in [4.69, 9.17) is 14.2 Å². The number of nitrogens with zero attached hydrogens (tertiary/aromatic N) is 5. The smallest absolute Gasteiger partial charge is 0.243 e. The zero-order valence-corrected chi connectivity index (χ0v) is 19.9. The van der Waals surface area contributed by atoms with Gasteiger partial charge < -0.3 is 13.8 Å². The summed E-state index contributed by atoms with van der Waals surface area (Å²) in [5.74, 6) is 2.13. The summed E-state index contributed by atoms with van der Waals surface area (Å²) in [6.45, 7) is 6.72. The van der Waals surface area contributed by atoms with Crippen molar-refractivity contribution in [3.8, 4) is 0 Å². The summed E-state index contributed by atoms with van der Waals surface area (Å²) in [5, 5.41) is 7.86. The SMILES string of the molecule is CCn1c(CNC2(c3noc(C)n3)CCCC2)nc2cc(S(=O)(=O)N3CCOCC3)ccc21. The standard InChI is InChI=1S/C22H30N6O4S/c1-3-28-19-7-6-17(33(29,30)27-10-12-31-13-11-27)14-18(19)25-20(28)15-23-22(8-4-5-9-22)21-24-16(2)32-26-21/h6-7,14,23H,3-5,8-13,15H2,1-2H3. The third-order valence-electron chi connectivity index (χ3n) is 6.72. The Labute approximate surface area is 193 Å². The summed E-state index contributed by atoms with van der Waals surface area (Å²) in [7, 11) is -3.57. The third kappa shape index (κ3) is 4.07. The Morgan fingerprint density at radius 1 is 1.15 bits per heavy atom. The van der Waals surface area contributed by atoms with E-state index in [1.807, 2.05) is 6.07 Å². The zero-order valence-electron chi connectivity index (χ0n) is 19.1. The van der Waals surface area contributed by atoms with Crippen molar-refractivity contribution in [3.63, 3.8) is 0 Å². The minimum absolute atomic E-state index is 0.270. The van der Waals surface area contributed by atoms with E-state index in [9.17, 15) is 8.42 Å². The molecule has 2 fully saturated rings. The first-order valence-electron chi connectivity index (χ1n) is 11.6. The van der Waals surface area contributed by atoms with E-state index in [1.54, 1.807) is 19.1 Å². The largest absolute Gasteiger partial charge is 0.379 e. The van der Waals surface area contributed by atoms with Crippen LogP contribution < -0.4 is 5.32 Å². The fraction of sp³-hybridized carbons (Fsp3) is 0.591. The Hall–Kier alpha value is -2.34. The van der Waals surface area contributed by atoms with Crippen LogP contribution in [0.1, 0.15) is 50.1 Å². The lowest BCUT2D eigenvalue weighted by molar-refractivity contribution is 0.0730. The average Bonchev–Trinajstić information content (AvgIpc) is 3.56. The summed E-state index contributed by atoms with van der Waals surface area (Å²) >= 11 is 0. The summed E-state index contributed by atoms with van der Waals surface area (Å²) in [4.78, 5) is 9.59. The number of nitrogens with one attached hydrogen (secondary N) is 1. The number of rotatable bonds is 7. The monoisotopic (exact) mass is 474 g/mol. The lowest BCUT2D eigenvalue weighted by atomic mass is 9.96. The van der Waals surface area contributed by atoms with Gasteiger partial charge in [-0.2, -0.15) is 9.29 Å². The Morgan fingerprint density at radius 2 is 1.91 bits per heavy atom. The second kappa shape index (κ2) is 8.79. The number of sulfonamides is 1. The fourth-order valence-electron chi connectivity index (χ4n) is 4.94. The first-order chi connectivity index (χ1) is 15.9. The van der Waals surface area contributed by atoms with E-state index in [-0.39, 0.29) is 10.4 Å². The van der Waals surface area contributed by atoms with Crippen molar-refractivity contribution in [2.24, 2.45) is 0 Å². The summed E-state index contributed by atoms with van der Waals surface area (Å²) in [5.41, 5.74) is 1.28. The van der Waals surface area contributed by atoms with Gasteiger partial charge in [-0.15, -0.1) is 0 Å². The Bertz CT molecular complexity index is 1240. The molecule has 3 heterocycles. The molecule has 10 nitrogen and oxygen atoms in total. The summed E-state index contributed by atoms with van der Waals surface area (Å²) < 4.78 is 40.3. The number of hydrogen-bond donors (Lipinski definition) is 1. The van der Waals surface area contributed by atoms with E-state index in [2.05, 4.69) is 26.9 Å². The van der Waals surface area contributed by atoms with Gasteiger partial charge in [0.1, 0.15) is 5.82 Å².